The number of hydrogen-bond donors (Lipinski definition) is 1. The minimum Gasteiger partial charge on any atom is -0.507 e. The Hall–Kier alpha value is -0.990. The molecule has 0 atom stereocenters. The summed E-state index contributed by atoms with van der Waals surface area (Å²) in [6, 6.07) is 4.72. The molecule has 0 fully saturated rings. The number of halogens is 2. The Labute approximate surface area is 84.7 Å². The summed E-state index contributed by atoms with van der Waals surface area (Å²) in [5.74, 6) is 0.134. The van der Waals surface area contributed by atoms with E-state index in [4.69, 9.17) is 23.2 Å². The van der Waals surface area contributed by atoms with Crippen LogP contribution in [0.3, 0.4) is 0 Å². The predicted octanol–water partition coefficient (Wildman–Crippen LogP) is 3.25. The number of pyridine rings is 1. The molecule has 13 heavy (non-hydrogen) atoms. The van der Waals surface area contributed by atoms with Gasteiger partial charge < -0.3 is 5.11 Å². The lowest BCUT2D eigenvalue weighted by molar-refractivity contribution is 0.481. The normalized spacial score (nSPS) is 10.6. The van der Waals surface area contributed by atoms with Crippen molar-refractivity contribution >= 4 is 34.1 Å². The van der Waals surface area contributed by atoms with E-state index in [1.54, 1.807) is 12.1 Å². The quantitative estimate of drug-likeness (QED) is 0.730. The van der Waals surface area contributed by atoms with Crippen LogP contribution in [0.15, 0.2) is 24.4 Å². The maximum Gasteiger partial charge on any atom is 0.126 e. The van der Waals surface area contributed by atoms with Crippen LogP contribution >= 0.6 is 23.2 Å². The summed E-state index contributed by atoms with van der Waals surface area (Å²) in [7, 11) is 0. The Morgan fingerprint density at radius 3 is 2.77 bits per heavy atom. The van der Waals surface area contributed by atoms with Gasteiger partial charge in [-0.15, -0.1) is 0 Å². The molecule has 0 amide bonds. The standard InChI is InChI=1S/C9H5Cl2NO/c10-5-3-6-8(13)1-2-12-9(6)7(11)4-5/h1-4H,(H,12,13). The van der Waals surface area contributed by atoms with Gasteiger partial charge in [-0.05, 0) is 18.2 Å². The van der Waals surface area contributed by atoms with Crippen molar-refractivity contribution in [2.24, 2.45) is 0 Å². The Morgan fingerprint density at radius 1 is 1.23 bits per heavy atom. The van der Waals surface area contributed by atoms with Gasteiger partial charge in [-0.3, -0.25) is 4.98 Å². The van der Waals surface area contributed by atoms with Gasteiger partial charge in [0, 0.05) is 16.6 Å². The van der Waals surface area contributed by atoms with Crippen molar-refractivity contribution in [3.63, 3.8) is 0 Å². The van der Waals surface area contributed by atoms with E-state index in [1.807, 2.05) is 0 Å². The molecule has 0 aliphatic carbocycles. The maximum atomic E-state index is 9.46. The summed E-state index contributed by atoms with van der Waals surface area (Å²) in [4.78, 5) is 4.03. The molecule has 2 rings (SSSR count). The first-order valence-electron chi connectivity index (χ1n) is 3.61. The van der Waals surface area contributed by atoms with Gasteiger partial charge in [0.15, 0.2) is 0 Å². The molecule has 0 saturated carbocycles. The van der Waals surface area contributed by atoms with Crippen molar-refractivity contribution in [1.29, 1.82) is 0 Å². The van der Waals surface area contributed by atoms with Gasteiger partial charge in [-0.25, -0.2) is 0 Å². The number of aromatic nitrogens is 1. The van der Waals surface area contributed by atoms with Gasteiger partial charge in [-0.1, -0.05) is 23.2 Å². The van der Waals surface area contributed by atoms with Crippen molar-refractivity contribution in [1.82, 2.24) is 4.98 Å². The van der Waals surface area contributed by atoms with E-state index in [0.717, 1.165) is 0 Å². The Morgan fingerprint density at radius 2 is 2.00 bits per heavy atom. The molecule has 0 radical (unpaired) electrons. The summed E-state index contributed by atoms with van der Waals surface area (Å²) in [6.45, 7) is 0. The highest BCUT2D eigenvalue weighted by molar-refractivity contribution is 6.38. The molecule has 4 heteroatoms. The van der Waals surface area contributed by atoms with Crippen LogP contribution in [0.1, 0.15) is 0 Å². The van der Waals surface area contributed by atoms with E-state index in [1.165, 1.54) is 12.3 Å². The zero-order chi connectivity index (χ0) is 9.42. The molecule has 0 spiro atoms. The largest absolute Gasteiger partial charge is 0.507 e. The minimum atomic E-state index is 0.134. The van der Waals surface area contributed by atoms with Crippen LogP contribution in [0.25, 0.3) is 10.9 Å². The second kappa shape index (κ2) is 3.05. The molecule has 2 aromatic rings. The number of benzene rings is 1. The van der Waals surface area contributed by atoms with E-state index in [9.17, 15) is 5.11 Å². The second-order valence-electron chi connectivity index (χ2n) is 2.61. The summed E-state index contributed by atoms with van der Waals surface area (Å²) in [6.07, 6.45) is 1.50. The van der Waals surface area contributed by atoms with Gasteiger partial charge >= 0.3 is 0 Å². The number of fused-ring (bicyclic) bond motifs is 1. The number of aromatic hydroxyl groups is 1. The molecule has 66 valence electrons. The van der Waals surface area contributed by atoms with Crippen LogP contribution < -0.4 is 0 Å². The third kappa shape index (κ3) is 1.43. The fourth-order valence-corrected chi connectivity index (χ4v) is 1.71. The average molecular weight is 214 g/mol. The topological polar surface area (TPSA) is 33.1 Å². The summed E-state index contributed by atoms with van der Waals surface area (Å²) < 4.78 is 0. The molecule has 1 aromatic heterocycles. The second-order valence-corrected chi connectivity index (χ2v) is 3.46. The van der Waals surface area contributed by atoms with Gasteiger partial charge in [0.1, 0.15) is 5.75 Å². The number of rotatable bonds is 0. The molecular formula is C9H5Cl2NO. The molecule has 1 N–H and O–H groups in total. The highest BCUT2D eigenvalue weighted by Gasteiger charge is 2.05. The SMILES string of the molecule is Oc1ccnc2c(Cl)cc(Cl)cc12. The van der Waals surface area contributed by atoms with Crippen molar-refractivity contribution in [2.75, 3.05) is 0 Å². The molecule has 2 nitrogen and oxygen atoms in total. The molecule has 0 bridgehead atoms. The third-order valence-corrected chi connectivity index (χ3v) is 2.25. The van der Waals surface area contributed by atoms with Gasteiger partial charge in [-0.2, -0.15) is 0 Å². The fraction of sp³-hybridized carbons (Fsp3) is 0. The van der Waals surface area contributed by atoms with E-state index < -0.39 is 0 Å². The van der Waals surface area contributed by atoms with E-state index >= 15 is 0 Å². The highest BCUT2D eigenvalue weighted by atomic mass is 35.5. The van der Waals surface area contributed by atoms with E-state index in [0.29, 0.717) is 20.9 Å². The molecule has 0 aliphatic heterocycles. The van der Waals surface area contributed by atoms with Crippen LogP contribution in [0.4, 0.5) is 0 Å². The van der Waals surface area contributed by atoms with Crippen molar-refractivity contribution in [3.8, 4) is 5.75 Å². The molecule has 0 aliphatic rings. The number of hydrogen-bond acceptors (Lipinski definition) is 2. The van der Waals surface area contributed by atoms with Crippen LogP contribution in [0.5, 0.6) is 5.75 Å². The Kier molecular flexibility index (Phi) is 2.02. The lowest BCUT2D eigenvalue weighted by Gasteiger charge is -2.01. The van der Waals surface area contributed by atoms with E-state index in [-0.39, 0.29) is 5.75 Å². The Balaban J connectivity index is 2.94. The average Bonchev–Trinajstić information content (AvgIpc) is 2.07. The highest BCUT2D eigenvalue weighted by Crippen LogP contribution is 2.31. The van der Waals surface area contributed by atoms with Crippen LogP contribution in [0.2, 0.25) is 10.0 Å². The van der Waals surface area contributed by atoms with Crippen LogP contribution in [-0.4, -0.2) is 10.1 Å². The molecule has 0 unspecified atom stereocenters. The summed E-state index contributed by atoms with van der Waals surface area (Å²) in [5.41, 5.74) is 0.561. The molecule has 0 saturated heterocycles. The predicted molar refractivity (Wildman–Crippen MR) is 53.4 cm³/mol. The van der Waals surface area contributed by atoms with Gasteiger partial charge in [0.25, 0.3) is 0 Å². The fourth-order valence-electron chi connectivity index (χ4n) is 1.16. The first kappa shape index (κ1) is 8.60. The van der Waals surface area contributed by atoms with E-state index in [2.05, 4.69) is 4.98 Å². The first-order valence-corrected chi connectivity index (χ1v) is 4.37. The summed E-state index contributed by atoms with van der Waals surface area (Å²) in [5, 5.41) is 11.0. The molecule has 1 heterocycles. The van der Waals surface area contributed by atoms with Crippen molar-refractivity contribution in [3.05, 3.63) is 34.4 Å². The molecule has 1 aromatic carbocycles. The maximum absolute atomic E-state index is 9.46. The van der Waals surface area contributed by atoms with Crippen LogP contribution in [0, 0.1) is 0 Å². The first-order chi connectivity index (χ1) is 6.18. The zero-order valence-corrected chi connectivity index (χ0v) is 7.97. The monoisotopic (exact) mass is 213 g/mol. The number of nitrogens with zero attached hydrogens (tertiary/aromatic N) is 1. The summed E-state index contributed by atoms with van der Waals surface area (Å²) >= 11 is 11.6. The van der Waals surface area contributed by atoms with Gasteiger partial charge in [0.2, 0.25) is 0 Å². The lowest BCUT2D eigenvalue weighted by atomic mass is 10.2. The lowest BCUT2D eigenvalue weighted by Crippen LogP contribution is -1.80. The zero-order valence-electron chi connectivity index (χ0n) is 6.46. The van der Waals surface area contributed by atoms with Gasteiger partial charge in [0.05, 0.1) is 10.5 Å². The van der Waals surface area contributed by atoms with Crippen molar-refractivity contribution < 1.29 is 5.11 Å². The minimum absolute atomic E-state index is 0.134. The third-order valence-electron chi connectivity index (χ3n) is 1.74. The smallest absolute Gasteiger partial charge is 0.126 e. The molecular weight excluding hydrogens is 209 g/mol. The Bertz CT molecular complexity index is 470. The van der Waals surface area contributed by atoms with Crippen LogP contribution in [-0.2, 0) is 0 Å². The van der Waals surface area contributed by atoms with Crippen molar-refractivity contribution in [2.45, 2.75) is 0 Å².